The summed E-state index contributed by atoms with van der Waals surface area (Å²) < 4.78 is 24.8. The van der Waals surface area contributed by atoms with Gasteiger partial charge in [0.15, 0.2) is 23.1 Å². The van der Waals surface area contributed by atoms with Gasteiger partial charge in [-0.15, -0.1) is 0 Å². The third-order valence-corrected chi connectivity index (χ3v) is 2.97. The molecule has 17 heavy (non-hydrogen) atoms. The third-order valence-electron chi connectivity index (χ3n) is 2.39. The number of ketones is 1. The van der Waals surface area contributed by atoms with Gasteiger partial charge in [0.25, 0.3) is 0 Å². The highest BCUT2D eigenvalue weighted by molar-refractivity contribution is 9.10. The average Bonchev–Trinajstić information content (AvgIpc) is 2.55. The molecule has 0 fully saturated rings. The van der Waals surface area contributed by atoms with Crippen LogP contribution in [0.3, 0.4) is 0 Å². The second-order valence-corrected chi connectivity index (χ2v) is 4.41. The number of hydrogen-bond donors (Lipinski definition) is 1. The van der Waals surface area contributed by atoms with Gasteiger partial charge in [0.2, 0.25) is 0 Å². The van der Waals surface area contributed by atoms with Crippen molar-refractivity contribution in [2.45, 2.75) is 6.42 Å². The number of fused-ring (bicyclic) bond motifs is 1. The third kappa shape index (κ3) is 2.28. The minimum atomic E-state index is -0.662. The standard InChI is InChI=1S/C11H11BrFNO3/c12-6-4-8-11(17-3-1-2-16-8)9(10(6)13)7(15)5-14/h4H,1-3,5,14H2. The SMILES string of the molecule is NCC(=O)c1c(F)c(Br)cc2c1OCCCO2. The van der Waals surface area contributed by atoms with Crippen LogP contribution in [-0.4, -0.2) is 25.5 Å². The maximum atomic E-state index is 13.9. The van der Waals surface area contributed by atoms with E-state index >= 15 is 0 Å². The van der Waals surface area contributed by atoms with Gasteiger partial charge in [0.05, 0.1) is 24.2 Å². The van der Waals surface area contributed by atoms with Gasteiger partial charge in [-0.2, -0.15) is 0 Å². The maximum absolute atomic E-state index is 13.9. The fraction of sp³-hybridized carbons (Fsp3) is 0.364. The number of hydrogen-bond acceptors (Lipinski definition) is 4. The zero-order chi connectivity index (χ0) is 12.4. The van der Waals surface area contributed by atoms with E-state index in [0.717, 1.165) is 0 Å². The fourth-order valence-electron chi connectivity index (χ4n) is 1.60. The first-order valence-electron chi connectivity index (χ1n) is 5.16. The number of benzene rings is 1. The van der Waals surface area contributed by atoms with Crippen molar-refractivity contribution in [3.8, 4) is 11.5 Å². The lowest BCUT2D eigenvalue weighted by atomic mass is 10.1. The smallest absolute Gasteiger partial charge is 0.183 e. The summed E-state index contributed by atoms with van der Waals surface area (Å²) in [7, 11) is 0. The number of nitrogens with two attached hydrogens (primary N) is 1. The molecule has 1 aliphatic heterocycles. The number of carbonyl (C=O) groups is 1. The summed E-state index contributed by atoms with van der Waals surface area (Å²) >= 11 is 3.04. The van der Waals surface area contributed by atoms with E-state index in [2.05, 4.69) is 15.9 Å². The first-order valence-corrected chi connectivity index (χ1v) is 5.95. The number of rotatable bonds is 2. The van der Waals surface area contributed by atoms with Gasteiger partial charge in [-0.25, -0.2) is 4.39 Å². The Morgan fingerprint density at radius 1 is 1.47 bits per heavy atom. The molecular formula is C11H11BrFNO3. The molecule has 1 heterocycles. The highest BCUT2D eigenvalue weighted by Gasteiger charge is 2.25. The molecule has 0 aliphatic carbocycles. The highest BCUT2D eigenvalue weighted by atomic mass is 79.9. The van der Waals surface area contributed by atoms with E-state index in [1.54, 1.807) is 0 Å². The topological polar surface area (TPSA) is 61.6 Å². The summed E-state index contributed by atoms with van der Waals surface area (Å²) in [6.07, 6.45) is 0.685. The van der Waals surface area contributed by atoms with Crippen molar-refractivity contribution in [3.05, 3.63) is 21.9 Å². The van der Waals surface area contributed by atoms with Crippen molar-refractivity contribution in [2.24, 2.45) is 5.73 Å². The van der Waals surface area contributed by atoms with Crippen molar-refractivity contribution in [2.75, 3.05) is 19.8 Å². The molecule has 1 aliphatic rings. The van der Waals surface area contributed by atoms with E-state index in [9.17, 15) is 9.18 Å². The molecule has 0 amide bonds. The summed E-state index contributed by atoms with van der Waals surface area (Å²) in [6.45, 7) is 0.587. The van der Waals surface area contributed by atoms with Gasteiger partial charge in [-0.05, 0) is 15.9 Å². The molecule has 2 rings (SSSR count). The molecule has 1 aromatic rings. The van der Waals surface area contributed by atoms with Gasteiger partial charge in [-0.3, -0.25) is 4.79 Å². The number of Topliss-reactive ketones (excluding diaryl/α,β-unsaturated/α-hetero) is 1. The molecule has 4 nitrogen and oxygen atoms in total. The molecular weight excluding hydrogens is 293 g/mol. The second-order valence-electron chi connectivity index (χ2n) is 3.55. The minimum absolute atomic E-state index is 0.140. The minimum Gasteiger partial charge on any atom is -0.489 e. The normalized spacial score (nSPS) is 14.3. The van der Waals surface area contributed by atoms with E-state index < -0.39 is 11.6 Å². The predicted octanol–water partition coefficient (Wildman–Crippen LogP) is 1.89. The molecule has 0 atom stereocenters. The zero-order valence-corrected chi connectivity index (χ0v) is 10.5. The number of carbonyl (C=O) groups excluding carboxylic acids is 1. The lowest BCUT2D eigenvalue weighted by Gasteiger charge is -2.13. The Kier molecular flexibility index (Phi) is 3.63. The van der Waals surface area contributed by atoms with Crippen molar-refractivity contribution in [1.29, 1.82) is 0 Å². The number of ether oxygens (including phenoxy) is 2. The van der Waals surface area contributed by atoms with E-state index in [-0.39, 0.29) is 22.3 Å². The second kappa shape index (κ2) is 5.01. The first kappa shape index (κ1) is 12.3. The summed E-state index contributed by atoms with van der Waals surface area (Å²) in [5.74, 6) is -0.651. The molecule has 0 unspecified atom stereocenters. The summed E-state index contributed by atoms with van der Waals surface area (Å²) in [4.78, 5) is 11.6. The molecule has 0 saturated carbocycles. The maximum Gasteiger partial charge on any atom is 0.183 e. The van der Waals surface area contributed by atoms with Crippen molar-refractivity contribution in [1.82, 2.24) is 0 Å². The lowest BCUT2D eigenvalue weighted by molar-refractivity contribution is 0.0993. The van der Waals surface area contributed by atoms with Gasteiger partial charge >= 0.3 is 0 Å². The van der Waals surface area contributed by atoms with E-state index in [0.29, 0.717) is 25.4 Å². The Hall–Kier alpha value is -1.14. The van der Waals surface area contributed by atoms with Crippen molar-refractivity contribution in [3.63, 3.8) is 0 Å². The van der Waals surface area contributed by atoms with E-state index in [1.165, 1.54) is 6.07 Å². The lowest BCUT2D eigenvalue weighted by Crippen LogP contribution is -2.17. The van der Waals surface area contributed by atoms with Crippen LogP contribution in [0.25, 0.3) is 0 Å². The van der Waals surface area contributed by atoms with Crippen LogP contribution in [0.5, 0.6) is 11.5 Å². The van der Waals surface area contributed by atoms with Crippen LogP contribution in [-0.2, 0) is 0 Å². The Balaban J connectivity index is 2.61. The molecule has 0 radical (unpaired) electrons. The molecule has 92 valence electrons. The van der Waals surface area contributed by atoms with Crippen LogP contribution >= 0.6 is 15.9 Å². The molecule has 2 N–H and O–H groups in total. The van der Waals surface area contributed by atoms with E-state index in [1.807, 2.05) is 0 Å². The van der Waals surface area contributed by atoms with Gasteiger partial charge in [-0.1, -0.05) is 0 Å². The average molecular weight is 304 g/mol. The van der Waals surface area contributed by atoms with Crippen LogP contribution in [0.2, 0.25) is 0 Å². The highest BCUT2D eigenvalue weighted by Crippen LogP contribution is 2.39. The van der Waals surface area contributed by atoms with E-state index in [4.69, 9.17) is 15.2 Å². The van der Waals surface area contributed by atoms with Gasteiger partial charge < -0.3 is 15.2 Å². The molecule has 0 bridgehead atoms. The van der Waals surface area contributed by atoms with Gasteiger partial charge in [0, 0.05) is 12.5 Å². The molecule has 0 spiro atoms. The fourth-order valence-corrected chi connectivity index (χ4v) is 2.01. The molecule has 0 aromatic heterocycles. The Labute approximate surface area is 106 Å². The summed E-state index contributed by atoms with van der Waals surface area (Å²) in [5, 5.41) is 0. The Morgan fingerprint density at radius 3 is 2.88 bits per heavy atom. The molecule has 6 heteroatoms. The Bertz CT molecular complexity index is 465. The summed E-state index contributed by atoms with van der Waals surface area (Å²) in [5.41, 5.74) is 5.13. The first-order chi connectivity index (χ1) is 8.15. The molecule has 0 saturated heterocycles. The zero-order valence-electron chi connectivity index (χ0n) is 8.96. The van der Waals surface area contributed by atoms with Crippen LogP contribution in [0.15, 0.2) is 10.5 Å². The quantitative estimate of drug-likeness (QED) is 0.848. The van der Waals surface area contributed by atoms with Crippen LogP contribution in [0.1, 0.15) is 16.8 Å². The van der Waals surface area contributed by atoms with Crippen LogP contribution < -0.4 is 15.2 Å². The largest absolute Gasteiger partial charge is 0.489 e. The monoisotopic (exact) mass is 303 g/mol. The van der Waals surface area contributed by atoms with Crippen molar-refractivity contribution >= 4 is 21.7 Å². The Morgan fingerprint density at radius 2 is 2.18 bits per heavy atom. The summed E-state index contributed by atoms with van der Waals surface area (Å²) in [6, 6.07) is 1.46. The van der Waals surface area contributed by atoms with Crippen LogP contribution in [0, 0.1) is 5.82 Å². The van der Waals surface area contributed by atoms with Crippen molar-refractivity contribution < 1.29 is 18.7 Å². The predicted molar refractivity (Wildman–Crippen MR) is 63.1 cm³/mol. The van der Waals surface area contributed by atoms with Gasteiger partial charge in [0.1, 0.15) is 5.56 Å². The molecule has 1 aromatic carbocycles. The number of halogens is 2. The van der Waals surface area contributed by atoms with Crippen LogP contribution in [0.4, 0.5) is 4.39 Å².